The molecule has 1 saturated carbocycles. The third-order valence-corrected chi connectivity index (χ3v) is 7.17. The lowest BCUT2D eigenvalue weighted by Crippen LogP contribution is -2.60. The minimum atomic E-state index is -3.43. The molecule has 2 atom stereocenters. The van der Waals surface area contributed by atoms with E-state index in [1.807, 2.05) is 0 Å². The number of hydrogen-bond donors (Lipinski definition) is 1. The molecule has 1 aromatic carbocycles. The Morgan fingerprint density at radius 2 is 2.03 bits per heavy atom. The van der Waals surface area contributed by atoms with E-state index < -0.39 is 22.0 Å². The molecular formula is C20H24N2O6S. The van der Waals surface area contributed by atoms with Gasteiger partial charge in [-0.05, 0) is 37.0 Å². The predicted molar refractivity (Wildman–Crippen MR) is 105 cm³/mol. The third kappa shape index (κ3) is 3.89. The molecule has 9 heteroatoms. The number of nitrogens with one attached hydrogen (secondary N) is 1. The Hall–Kier alpha value is -2.39. The minimum absolute atomic E-state index is 0.0231. The number of sulfone groups is 1. The molecule has 2 heterocycles. The molecule has 3 aliphatic rings. The highest BCUT2D eigenvalue weighted by Gasteiger charge is 2.43. The van der Waals surface area contributed by atoms with Crippen molar-refractivity contribution in [1.82, 2.24) is 10.2 Å². The first kappa shape index (κ1) is 19.9. The normalized spacial score (nSPS) is 24.6. The summed E-state index contributed by atoms with van der Waals surface area (Å²) in [6, 6.07) is 3.93. The molecule has 156 valence electrons. The summed E-state index contributed by atoms with van der Waals surface area (Å²) >= 11 is 0. The molecule has 2 amide bonds. The number of carbonyl (C=O) groups is 2. The molecule has 2 aliphatic heterocycles. The molecule has 1 N–H and O–H groups in total. The van der Waals surface area contributed by atoms with Crippen LogP contribution < -0.4 is 10.1 Å². The predicted octanol–water partition coefficient (Wildman–Crippen LogP) is 0.966. The number of ether oxygens (including phenoxy) is 2. The van der Waals surface area contributed by atoms with Gasteiger partial charge in [-0.3, -0.25) is 9.59 Å². The Morgan fingerprint density at radius 3 is 2.72 bits per heavy atom. The summed E-state index contributed by atoms with van der Waals surface area (Å²) in [6.45, 7) is 1.98. The van der Waals surface area contributed by atoms with E-state index >= 15 is 0 Å². The summed E-state index contributed by atoms with van der Waals surface area (Å²) in [7, 11) is -1.84. The highest BCUT2D eigenvalue weighted by molar-refractivity contribution is 7.91. The van der Waals surface area contributed by atoms with Crippen molar-refractivity contribution in [2.45, 2.75) is 36.8 Å². The molecule has 1 aromatic rings. The van der Waals surface area contributed by atoms with Gasteiger partial charge in [0.25, 0.3) is 5.91 Å². The van der Waals surface area contributed by atoms with Crippen LogP contribution >= 0.6 is 0 Å². The molecule has 1 saturated heterocycles. The van der Waals surface area contributed by atoms with Crippen molar-refractivity contribution in [2.24, 2.45) is 5.92 Å². The van der Waals surface area contributed by atoms with E-state index in [1.54, 1.807) is 38.4 Å². The van der Waals surface area contributed by atoms with E-state index in [9.17, 15) is 18.0 Å². The van der Waals surface area contributed by atoms with Gasteiger partial charge < -0.3 is 19.7 Å². The van der Waals surface area contributed by atoms with Gasteiger partial charge in [0.1, 0.15) is 24.5 Å². The highest BCUT2D eigenvalue weighted by atomic mass is 32.2. The number of hydrogen-bond acceptors (Lipinski definition) is 6. The van der Waals surface area contributed by atoms with Crippen molar-refractivity contribution in [3.63, 3.8) is 0 Å². The number of carbonyl (C=O) groups excluding carboxylic acids is 2. The van der Waals surface area contributed by atoms with Gasteiger partial charge in [0.2, 0.25) is 5.91 Å². The van der Waals surface area contributed by atoms with Crippen LogP contribution in [0, 0.1) is 5.92 Å². The first-order valence-electron chi connectivity index (χ1n) is 9.69. The number of benzene rings is 1. The Bertz CT molecular complexity index is 983. The zero-order valence-electron chi connectivity index (χ0n) is 16.4. The number of likely N-dealkylation sites (N-methyl/N-ethyl adjacent to an activating group) is 1. The summed E-state index contributed by atoms with van der Waals surface area (Å²) in [6.07, 6.45) is 3.16. The zero-order chi connectivity index (χ0) is 20.8. The lowest BCUT2D eigenvalue weighted by molar-refractivity contribution is -0.146. The lowest BCUT2D eigenvalue weighted by Gasteiger charge is -2.39. The monoisotopic (exact) mass is 420 g/mol. The maximum Gasteiger partial charge on any atom is 0.251 e. The van der Waals surface area contributed by atoms with Crippen molar-refractivity contribution in [2.75, 3.05) is 26.0 Å². The Labute approximate surface area is 169 Å². The molecule has 2 fully saturated rings. The average Bonchev–Trinajstić information content (AvgIpc) is 3.53. The van der Waals surface area contributed by atoms with Crippen molar-refractivity contribution < 1.29 is 27.5 Å². The maximum absolute atomic E-state index is 12.5. The van der Waals surface area contributed by atoms with Crippen LogP contribution in [0.5, 0.6) is 5.75 Å². The van der Waals surface area contributed by atoms with Gasteiger partial charge in [0.15, 0.2) is 9.84 Å². The summed E-state index contributed by atoms with van der Waals surface area (Å²) in [5, 5.41) is 2.68. The second-order valence-electron chi connectivity index (χ2n) is 7.63. The maximum atomic E-state index is 12.5. The van der Waals surface area contributed by atoms with Crippen LogP contribution in [0.4, 0.5) is 0 Å². The Balaban J connectivity index is 1.79. The number of rotatable bonds is 6. The first-order chi connectivity index (χ1) is 13.8. The number of amides is 2. The molecule has 0 spiro atoms. The SMILES string of the molecule is CCS(=O)(=O)c1ccc(OCC2CC2)c(C2=CN(C)C(=O)C3NC(=O)COC23)c1. The van der Waals surface area contributed by atoms with E-state index in [1.165, 1.54) is 4.90 Å². The van der Waals surface area contributed by atoms with Gasteiger partial charge >= 0.3 is 0 Å². The average molecular weight is 420 g/mol. The van der Waals surface area contributed by atoms with Crippen LogP contribution in [-0.4, -0.2) is 63.3 Å². The molecule has 0 radical (unpaired) electrons. The van der Waals surface area contributed by atoms with E-state index in [4.69, 9.17) is 9.47 Å². The molecule has 0 bridgehead atoms. The van der Waals surface area contributed by atoms with E-state index in [2.05, 4.69) is 5.32 Å². The summed E-state index contributed by atoms with van der Waals surface area (Å²) in [5.74, 6) is 0.390. The van der Waals surface area contributed by atoms with Gasteiger partial charge in [0, 0.05) is 24.4 Å². The molecule has 29 heavy (non-hydrogen) atoms. The van der Waals surface area contributed by atoms with Crippen LogP contribution in [0.25, 0.3) is 5.57 Å². The molecule has 1 aliphatic carbocycles. The van der Waals surface area contributed by atoms with Gasteiger partial charge in [-0.2, -0.15) is 0 Å². The van der Waals surface area contributed by atoms with Gasteiger partial charge in [-0.25, -0.2) is 8.42 Å². The van der Waals surface area contributed by atoms with Crippen LogP contribution in [0.15, 0.2) is 29.3 Å². The molecule has 8 nitrogen and oxygen atoms in total. The van der Waals surface area contributed by atoms with Crippen LogP contribution in [-0.2, 0) is 24.2 Å². The Kier molecular flexibility index (Phi) is 5.12. The second-order valence-corrected chi connectivity index (χ2v) is 9.90. The fourth-order valence-electron chi connectivity index (χ4n) is 3.51. The van der Waals surface area contributed by atoms with Gasteiger partial charge in [-0.15, -0.1) is 0 Å². The van der Waals surface area contributed by atoms with Crippen LogP contribution in [0.1, 0.15) is 25.3 Å². The largest absolute Gasteiger partial charge is 0.493 e. The molecule has 0 aromatic heterocycles. The first-order valence-corrected chi connectivity index (χ1v) is 11.3. The number of nitrogens with zero attached hydrogens (tertiary/aromatic N) is 1. The van der Waals surface area contributed by atoms with Crippen molar-refractivity contribution in [3.05, 3.63) is 30.0 Å². The van der Waals surface area contributed by atoms with Gasteiger partial charge in [0.05, 0.1) is 17.3 Å². The quantitative estimate of drug-likeness (QED) is 0.736. The van der Waals surface area contributed by atoms with E-state index in [-0.39, 0.29) is 29.1 Å². The lowest BCUT2D eigenvalue weighted by atomic mass is 9.91. The fraction of sp³-hybridized carbons (Fsp3) is 0.500. The number of fused-ring (bicyclic) bond motifs is 1. The third-order valence-electron chi connectivity index (χ3n) is 5.44. The highest BCUT2D eigenvalue weighted by Crippen LogP contribution is 2.38. The van der Waals surface area contributed by atoms with Crippen molar-refractivity contribution in [3.8, 4) is 5.75 Å². The topological polar surface area (TPSA) is 102 Å². The van der Waals surface area contributed by atoms with Crippen molar-refractivity contribution >= 4 is 27.2 Å². The van der Waals surface area contributed by atoms with Crippen LogP contribution in [0.3, 0.4) is 0 Å². The summed E-state index contributed by atoms with van der Waals surface area (Å²) < 4.78 is 36.6. The number of morpholine rings is 1. The molecular weight excluding hydrogens is 396 g/mol. The second kappa shape index (κ2) is 7.46. The Morgan fingerprint density at radius 1 is 1.28 bits per heavy atom. The molecule has 2 unspecified atom stereocenters. The van der Waals surface area contributed by atoms with Crippen LogP contribution in [0.2, 0.25) is 0 Å². The van der Waals surface area contributed by atoms with Crippen molar-refractivity contribution in [1.29, 1.82) is 0 Å². The fourth-order valence-corrected chi connectivity index (χ4v) is 4.42. The standard InChI is InChI=1S/C20H24N2O6S/c1-3-29(25,26)13-6-7-16(27-10-12-4-5-12)14(8-13)15-9-22(2)20(24)18-19(15)28-11-17(23)21-18/h6-9,12,18-19H,3-5,10-11H2,1-2H3,(H,21,23). The summed E-state index contributed by atoms with van der Waals surface area (Å²) in [5.41, 5.74) is 1.17. The molecule has 4 rings (SSSR count). The minimum Gasteiger partial charge on any atom is -0.493 e. The zero-order valence-corrected chi connectivity index (χ0v) is 17.2. The van der Waals surface area contributed by atoms with E-state index in [0.717, 1.165) is 12.8 Å². The smallest absolute Gasteiger partial charge is 0.251 e. The van der Waals surface area contributed by atoms with Gasteiger partial charge in [-0.1, -0.05) is 6.92 Å². The van der Waals surface area contributed by atoms with E-state index in [0.29, 0.717) is 29.4 Å². The summed E-state index contributed by atoms with van der Waals surface area (Å²) in [4.78, 5) is 25.9.